The average Bonchev–Trinajstić information content (AvgIpc) is 3.42. The average molecular weight is 444 g/mol. The summed E-state index contributed by atoms with van der Waals surface area (Å²) >= 11 is 6.12. The number of amides is 2. The minimum atomic E-state index is -0.246. The van der Waals surface area contributed by atoms with E-state index in [4.69, 9.17) is 21.1 Å². The maximum Gasteiger partial charge on any atom is 0.251 e. The van der Waals surface area contributed by atoms with Crippen molar-refractivity contribution in [1.29, 1.82) is 0 Å². The molecule has 31 heavy (non-hydrogen) atoms. The van der Waals surface area contributed by atoms with Crippen LogP contribution >= 0.6 is 11.6 Å². The molecule has 3 N–H and O–H groups in total. The van der Waals surface area contributed by atoms with Crippen molar-refractivity contribution < 1.29 is 19.1 Å². The summed E-state index contributed by atoms with van der Waals surface area (Å²) in [4.78, 5) is 24.6. The van der Waals surface area contributed by atoms with Crippen molar-refractivity contribution in [2.45, 2.75) is 37.8 Å². The molecular formula is C23H26ClN3O4. The van der Waals surface area contributed by atoms with Gasteiger partial charge < -0.3 is 25.4 Å². The van der Waals surface area contributed by atoms with E-state index in [0.29, 0.717) is 34.3 Å². The summed E-state index contributed by atoms with van der Waals surface area (Å²) < 4.78 is 11.5. The first-order valence-corrected chi connectivity index (χ1v) is 10.9. The van der Waals surface area contributed by atoms with Gasteiger partial charge in [-0.05, 0) is 62.1 Å². The molecule has 0 bridgehead atoms. The van der Waals surface area contributed by atoms with Crippen LogP contribution in [0.15, 0.2) is 42.5 Å². The maximum absolute atomic E-state index is 12.4. The Morgan fingerprint density at radius 1 is 1.13 bits per heavy atom. The summed E-state index contributed by atoms with van der Waals surface area (Å²) in [5.74, 6) is 0.250. The Morgan fingerprint density at radius 3 is 2.77 bits per heavy atom. The van der Waals surface area contributed by atoms with E-state index in [1.165, 1.54) is 0 Å². The van der Waals surface area contributed by atoms with Crippen LogP contribution in [0.4, 0.5) is 11.4 Å². The van der Waals surface area contributed by atoms with Crippen LogP contribution in [-0.2, 0) is 9.53 Å². The molecule has 164 valence electrons. The minimum absolute atomic E-state index is 0.0229. The first-order chi connectivity index (χ1) is 15.1. The van der Waals surface area contributed by atoms with Gasteiger partial charge in [0.2, 0.25) is 5.91 Å². The molecule has 1 unspecified atom stereocenters. The van der Waals surface area contributed by atoms with Crippen molar-refractivity contribution in [3.8, 4) is 5.75 Å². The van der Waals surface area contributed by atoms with E-state index in [0.717, 1.165) is 32.3 Å². The molecule has 0 spiro atoms. The highest BCUT2D eigenvalue weighted by Gasteiger charge is 2.24. The standard InChI is InChI=1S/C23H26ClN3O4/c24-16-6-9-21(31-14-19-5-2-10-30-19)20(12-16)25-13-22(28)26-18-4-1-3-15(11-18)23(29)27-17-7-8-17/h1,3-4,6,9,11-12,17,19,25H,2,5,7-8,10,13-14H2,(H,26,28)(H,27,29). The lowest BCUT2D eigenvalue weighted by molar-refractivity contribution is -0.114. The number of rotatable bonds is 9. The SMILES string of the molecule is O=C(CNc1cc(Cl)ccc1OCC1CCCO1)Nc1cccc(C(=O)NC2CC2)c1. The van der Waals surface area contributed by atoms with E-state index in [1.54, 1.807) is 42.5 Å². The van der Waals surface area contributed by atoms with Crippen molar-refractivity contribution in [2.24, 2.45) is 0 Å². The molecular weight excluding hydrogens is 418 g/mol. The molecule has 8 heteroatoms. The quantitative estimate of drug-likeness (QED) is 0.548. The molecule has 7 nitrogen and oxygen atoms in total. The number of ether oxygens (including phenoxy) is 2. The summed E-state index contributed by atoms with van der Waals surface area (Å²) in [6, 6.07) is 12.4. The fourth-order valence-corrected chi connectivity index (χ4v) is 3.51. The lowest BCUT2D eigenvalue weighted by atomic mass is 10.2. The van der Waals surface area contributed by atoms with Gasteiger partial charge in [0.25, 0.3) is 5.91 Å². The zero-order valence-electron chi connectivity index (χ0n) is 17.2. The minimum Gasteiger partial charge on any atom is -0.489 e. The number of benzene rings is 2. The van der Waals surface area contributed by atoms with E-state index in [2.05, 4.69) is 16.0 Å². The highest BCUT2D eigenvalue weighted by atomic mass is 35.5. The van der Waals surface area contributed by atoms with Gasteiger partial charge in [0, 0.05) is 28.9 Å². The number of hydrogen-bond donors (Lipinski definition) is 3. The number of halogens is 1. The predicted molar refractivity (Wildman–Crippen MR) is 120 cm³/mol. The molecule has 4 rings (SSSR count). The molecule has 2 aliphatic rings. The number of anilines is 2. The normalized spacial score (nSPS) is 17.8. The van der Waals surface area contributed by atoms with Crippen molar-refractivity contribution in [3.63, 3.8) is 0 Å². The van der Waals surface area contributed by atoms with Crippen LogP contribution in [0.2, 0.25) is 5.02 Å². The zero-order chi connectivity index (χ0) is 21.6. The number of hydrogen-bond acceptors (Lipinski definition) is 5. The molecule has 1 atom stereocenters. The smallest absolute Gasteiger partial charge is 0.251 e. The van der Waals surface area contributed by atoms with E-state index in [9.17, 15) is 9.59 Å². The zero-order valence-corrected chi connectivity index (χ0v) is 17.9. The van der Waals surface area contributed by atoms with Crippen LogP contribution in [0.1, 0.15) is 36.0 Å². The van der Waals surface area contributed by atoms with Crippen LogP contribution in [0.5, 0.6) is 5.75 Å². The van der Waals surface area contributed by atoms with E-state index < -0.39 is 0 Å². The van der Waals surface area contributed by atoms with Crippen LogP contribution in [0, 0.1) is 0 Å². The van der Waals surface area contributed by atoms with Gasteiger partial charge in [0.1, 0.15) is 12.4 Å². The molecule has 2 amide bonds. The third-order valence-electron chi connectivity index (χ3n) is 5.15. The summed E-state index contributed by atoms with van der Waals surface area (Å²) in [5.41, 5.74) is 1.73. The Hall–Kier alpha value is -2.77. The molecule has 1 heterocycles. The Labute approximate surface area is 186 Å². The predicted octanol–water partition coefficient (Wildman–Crippen LogP) is 3.84. The fraction of sp³-hybridized carbons (Fsp3) is 0.391. The molecule has 0 aromatic heterocycles. The topological polar surface area (TPSA) is 88.7 Å². The summed E-state index contributed by atoms with van der Waals surface area (Å²) in [7, 11) is 0. The third-order valence-corrected chi connectivity index (χ3v) is 5.39. The lowest BCUT2D eigenvalue weighted by Crippen LogP contribution is -2.26. The Kier molecular flexibility index (Phi) is 6.94. The van der Waals surface area contributed by atoms with Crippen molar-refractivity contribution in [1.82, 2.24) is 5.32 Å². The number of carbonyl (C=O) groups excluding carboxylic acids is 2. The van der Waals surface area contributed by atoms with Gasteiger partial charge in [-0.1, -0.05) is 17.7 Å². The number of carbonyl (C=O) groups is 2. The highest BCUT2D eigenvalue weighted by molar-refractivity contribution is 6.31. The van der Waals surface area contributed by atoms with Gasteiger partial charge in [0.05, 0.1) is 18.3 Å². The van der Waals surface area contributed by atoms with E-state index in [-0.39, 0.29) is 30.5 Å². The van der Waals surface area contributed by atoms with Gasteiger partial charge in [-0.25, -0.2) is 0 Å². The van der Waals surface area contributed by atoms with E-state index >= 15 is 0 Å². The maximum atomic E-state index is 12.4. The first-order valence-electron chi connectivity index (χ1n) is 10.6. The second kappa shape index (κ2) is 10.0. The van der Waals surface area contributed by atoms with E-state index in [1.807, 2.05) is 0 Å². The fourth-order valence-electron chi connectivity index (χ4n) is 3.34. The molecule has 1 aliphatic carbocycles. The molecule has 2 fully saturated rings. The second-order valence-electron chi connectivity index (χ2n) is 7.82. The molecule has 0 radical (unpaired) electrons. The second-order valence-corrected chi connectivity index (χ2v) is 8.25. The molecule has 1 saturated carbocycles. The molecule has 2 aromatic rings. The molecule has 2 aromatic carbocycles. The van der Waals surface area contributed by atoms with Crippen LogP contribution in [0.3, 0.4) is 0 Å². The monoisotopic (exact) mass is 443 g/mol. The molecule has 1 saturated heterocycles. The van der Waals surface area contributed by atoms with Gasteiger partial charge in [0.15, 0.2) is 0 Å². The summed E-state index contributed by atoms with van der Waals surface area (Å²) in [6.07, 6.45) is 4.17. The molecule has 1 aliphatic heterocycles. The third kappa shape index (κ3) is 6.35. The Morgan fingerprint density at radius 2 is 2.00 bits per heavy atom. The van der Waals surface area contributed by atoms with Crippen LogP contribution in [0.25, 0.3) is 0 Å². The van der Waals surface area contributed by atoms with Crippen molar-refractivity contribution in [3.05, 3.63) is 53.1 Å². The van der Waals surface area contributed by atoms with Gasteiger partial charge in [-0.2, -0.15) is 0 Å². The van der Waals surface area contributed by atoms with Crippen LogP contribution in [-0.4, -0.2) is 43.7 Å². The largest absolute Gasteiger partial charge is 0.489 e. The van der Waals surface area contributed by atoms with Gasteiger partial charge in [-0.15, -0.1) is 0 Å². The summed E-state index contributed by atoms with van der Waals surface area (Å²) in [6.45, 7) is 1.25. The first kappa shape index (κ1) is 21.5. The lowest BCUT2D eigenvalue weighted by Gasteiger charge is -2.16. The van der Waals surface area contributed by atoms with Gasteiger partial charge >= 0.3 is 0 Å². The highest BCUT2D eigenvalue weighted by Crippen LogP contribution is 2.29. The van der Waals surface area contributed by atoms with Crippen molar-refractivity contribution >= 4 is 34.8 Å². The van der Waals surface area contributed by atoms with Crippen molar-refractivity contribution in [2.75, 3.05) is 30.4 Å². The Balaban J connectivity index is 1.32. The van der Waals surface area contributed by atoms with Crippen LogP contribution < -0.4 is 20.7 Å². The Bertz CT molecular complexity index is 942. The van der Waals surface area contributed by atoms with Gasteiger partial charge in [-0.3, -0.25) is 9.59 Å². The number of nitrogens with one attached hydrogen (secondary N) is 3. The summed E-state index contributed by atoms with van der Waals surface area (Å²) in [5, 5.41) is 9.38.